The van der Waals surface area contributed by atoms with Crippen molar-refractivity contribution in [1.29, 1.82) is 0 Å². The van der Waals surface area contributed by atoms with Gasteiger partial charge in [-0.25, -0.2) is 4.79 Å². The van der Waals surface area contributed by atoms with E-state index >= 15 is 0 Å². The summed E-state index contributed by atoms with van der Waals surface area (Å²) in [6.45, 7) is 0.756. The fourth-order valence-electron chi connectivity index (χ4n) is 4.22. The molecule has 2 saturated heterocycles. The second kappa shape index (κ2) is 7.17. The van der Waals surface area contributed by atoms with E-state index in [9.17, 15) is 19.5 Å². The Morgan fingerprint density at radius 2 is 2.07 bits per heavy atom. The van der Waals surface area contributed by atoms with Crippen LogP contribution in [0.2, 0.25) is 0 Å². The standard InChI is InChI=1S/C19H24N4O4/c24-16-9-15(21-19(27)22-8-2-4-13(11-22)18(25)26)17(23(16)14-5-6-14)12-3-1-7-20-10-12/h1,3,7,10,13-15,17H,2,4-6,8-9,11H2,(H,21,27)(H,25,26)/t13?,15-,17+/m1/s1. The van der Waals surface area contributed by atoms with Crippen LogP contribution in [0.1, 0.15) is 43.7 Å². The average Bonchev–Trinajstić information content (AvgIpc) is 3.46. The third-order valence-corrected chi connectivity index (χ3v) is 5.70. The van der Waals surface area contributed by atoms with Gasteiger partial charge in [-0.05, 0) is 37.3 Å². The first-order valence-corrected chi connectivity index (χ1v) is 9.54. The van der Waals surface area contributed by atoms with Gasteiger partial charge in [-0.1, -0.05) is 6.07 Å². The van der Waals surface area contributed by atoms with Gasteiger partial charge in [-0.15, -0.1) is 0 Å². The summed E-state index contributed by atoms with van der Waals surface area (Å²) in [5.74, 6) is -1.33. The summed E-state index contributed by atoms with van der Waals surface area (Å²) in [7, 11) is 0. The number of nitrogens with zero attached hydrogens (tertiary/aromatic N) is 3. The largest absolute Gasteiger partial charge is 0.481 e. The lowest BCUT2D eigenvalue weighted by molar-refractivity contribution is -0.143. The first-order valence-electron chi connectivity index (χ1n) is 9.54. The molecule has 3 heterocycles. The lowest BCUT2D eigenvalue weighted by Crippen LogP contribution is -2.51. The number of nitrogens with one attached hydrogen (secondary N) is 1. The number of aliphatic carboxylic acids is 1. The minimum atomic E-state index is -0.864. The number of amides is 3. The Bertz CT molecular complexity index is 736. The summed E-state index contributed by atoms with van der Waals surface area (Å²) < 4.78 is 0. The van der Waals surface area contributed by atoms with E-state index in [1.165, 1.54) is 0 Å². The summed E-state index contributed by atoms with van der Waals surface area (Å²) in [6.07, 6.45) is 6.96. The Balaban J connectivity index is 1.50. The van der Waals surface area contributed by atoms with E-state index in [2.05, 4.69) is 10.3 Å². The maximum atomic E-state index is 12.8. The highest BCUT2D eigenvalue weighted by molar-refractivity contribution is 5.83. The zero-order valence-electron chi connectivity index (χ0n) is 15.1. The van der Waals surface area contributed by atoms with Gasteiger partial charge in [0.15, 0.2) is 0 Å². The Morgan fingerprint density at radius 3 is 2.74 bits per heavy atom. The van der Waals surface area contributed by atoms with Gasteiger partial charge in [-0.3, -0.25) is 14.6 Å². The van der Waals surface area contributed by atoms with Crippen LogP contribution < -0.4 is 5.32 Å². The number of likely N-dealkylation sites (tertiary alicyclic amines) is 2. The van der Waals surface area contributed by atoms with Crippen molar-refractivity contribution < 1.29 is 19.5 Å². The molecule has 1 unspecified atom stereocenters. The van der Waals surface area contributed by atoms with E-state index in [-0.39, 0.29) is 43.0 Å². The Labute approximate surface area is 157 Å². The SMILES string of the molecule is O=C(O)C1CCCN(C(=O)N[C@@H]2CC(=O)N(C3CC3)[C@H]2c2cccnc2)C1. The van der Waals surface area contributed by atoms with Crippen molar-refractivity contribution in [2.45, 2.75) is 50.2 Å². The number of aromatic nitrogens is 1. The maximum Gasteiger partial charge on any atom is 0.317 e. The number of urea groups is 1. The maximum absolute atomic E-state index is 12.8. The number of carbonyl (C=O) groups is 3. The first-order chi connectivity index (χ1) is 13.0. The predicted octanol–water partition coefficient (Wildman–Crippen LogP) is 1.39. The molecule has 8 nitrogen and oxygen atoms in total. The zero-order chi connectivity index (χ0) is 19.0. The molecule has 0 radical (unpaired) electrons. The molecule has 1 aromatic rings. The highest BCUT2D eigenvalue weighted by atomic mass is 16.4. The van der Waals surface area contributed by atoms with Gasteiger partial charge >= 0.3 is 12.0 Å². The van der Waals surface area contributed by atoms with Crippen molar-refractivity contribution in [3.05, 3.63) is 30.1 Å². The van der Waals surface area contributed by atoms with Gasteiger partial charge in [0.25, 0.3) is 0 Å². The zero-order valence-corrected chi connectivity index (χ0v) is 15.1. The number of carbonyl (C=O) groups excluding carboxylic acids is 2. The average molecular weight is 372 g/mol. The van der Waals surface area contributed by atoms with Crippen LogP contribution in [0.4, 0.5) is 4.79 Å². The molecule has 1 aliphatic carbocycles. The van der Waals surface area contributed by atoms with E-state index in [4.69, 9.17) is 0 Å². The van der Waals surface area contributed by atoms with Gasteiger partial charge in [0.1, 0.15) is 0 Å². The van der Waals surface area contributed by atoms with E-state index in [1.807, 2.05) is 17.0 Å². The fraction of sp³-hybridized carbons (Fsp3) is 0.579. The number of carboxylic acids is 1. The predicted molar refractivity (Wildman–Crippen MR) is 95.7 cm³/mol. The minimum Gasteiger partial charge on any atom is -0.481 e. The number of hydrogen-bond acceptors (Lipinski definition) is 4. The monoisotopic (exact) mass is 372 g/mol. The highest BCUT2D eigenvalue weighted by Crippen LogP contribution is 2.41. The Kier molecular flexibility index (Phi) is 4.72. The van der Waals surface area contributed by atoms with Crippen LogP contribution in [0, 0.1) is 5.92 Å². The minimum absolute atomic E-state index is 0.0544. The lowest BCUT2D eigenvalue weighted by atomic mass is 9.98. The van der Waals surface area contributed by atoms with Crippen molar-refractivity contribution in [1.82, 2.24) is 20.1 Å². The third kappa shape index (κ3) is 3.61. The molecule has 1 aromatic heterocycles. The smallest absolute Gasteiger partial charge is 0.317 e. The molecule has 1 saturated carbocycles. The molecule has 8 heteroatoms. The fourth-order valence-corrected chi connectivity index (χ4v) is 4.22. The molecule has 0 spiro atoms. The molecule has 0 aromatic carbocycles. The molecule has 144 valence electrons. The van der Waals surface area contributed by atoms with Crippen LogP contribution in [-0.2, 0) is 9.59 Å². The van der Waals surface area contributed by atoms with Gasteiger partial charge in [0.2, 0.25) is 5.91 Å². The molecule has 2 N–H and O–H groups in total. The van der Waals surface area contributed by atoms with Crippen LogP contribution in [0.3, 0.4) is 0 Å². The summed E-state index contributed by atoms with van der Waals surface area (Å²) >= 11 is 0. The van der Waals surface area contributed by atoms with Crippen molar-refractivity contribution in [2.24, 2.45) is 5.92 Å². The Hall–Kier alpha value is -2.64. The summed E-state index contributed by atoms with van der Waals surface area (Å²) in [5, 5.41) is 12.2. The Morgan fingerprint density at radius 1 is 1.26 bits per heavy atom. The molecule has 0 bridgehead atoms. The molecule has 2 aliphatic heterocycles. The second-order valence-corrected chi connectivity index (χ2v) is 7.65. The van der Waals surface area contributed by atoms with Gasteiger partial charge in [0, 0.05) is 37.9 Å². The number of rotatable bonds is 4. The van der Waals surface area contributed by atoms with Crippen LogP contribution in [0.5, 0.6) is 0 Å². The van der Waals surface area contributed by atoms with Crippen molar-refractivity contribution >= 4 is 17.9 Å². The molecule has 3 aliphatic rings. The number of carboxylic acid groups (broad SMARTS) is 1. The van der Waals surface area contributed by atoms with Gasteiger partial charge in [-0.2, -0.15) is 0 Å². The second-order valence-electron chi connectivity index (χ2n) is 7.65. The third-order valence-electron chi connectivity index (χ3n) is 5.70. The quantitative estimate of drug-likeness (QED) is 0.831. The van der Waals surface area contributed by atoms with E-state index in [0.717, 1.165) is 18.4 Å². The van der Waals surface area contributed by atoms with Crippen LogP contribution in [0.15, 0.2) is 24.5 Å². The summed E-state index contributed by atoms with van der Waals surface area (Å²) in [4.78, 5) is 44.3. The summed E-state index contributed by atoms with van der Waals surface area (Å²) in [5.41, 5.74) is 0.919. The van der Waals surface area contributed by atoms with Crippen molar-refractivity contribution in [3.63, 3.8) is 0 Å². The van der Waals surface area contributed by atoms with Crippen molar-refractivity contribution in [2.75, 3.05) is 13.1 Å². The van der Waals surface area contributed by atoms with Crippen LogP contribution in [-0.4, -0.2) is 63.0 Å². The molecular formula is C19H24N4O4. The van der Waals surface area contributed by atoms with Gasteiger partial charge in [0.05, 0.1) is 18.0 Å². The van der Waals surface area contributed by atoms with E-state index in [0.29, 0.717) is 19.4 Å². The molecule has 4 rings (SSSR count). The molecular weight excluding hydrogens is 348 g/mol. The number of pyridine rings is 1. The lowest BCUT2D eigenvalue weighted by Gasteiger charge is -2.33. The number of hydrogen-bond donors (Lipinski definition) is 2. The molecule has 27 heavy (non-hydrogen) atoms. The normalized spacial score (nSPS) is 28.3. The van der Waals surface area contributed by atoms with E-state index in [1.54, 1.807) is 17.3 Å². The molecule has 3 fully saturated rings. The van der Waals surface area contributed by atoms with Crippen LogP contribution in [0.25, 0.3) is 0 Å². The highest BCUT2D eigenvalue weighted by Gasteiger charge is 2.48. The number of piperidine rings is 1. The molecule has 3 amide bonds. The van der Waals surface area contributed by atoms with Gasteiger partial charge < -0.3 is 20.2 Å². The first kappa shape index (κ1) is 17.8. The van der Waals surface area contributed by atoms with Crippen molar-refractivity contribution in [3.8, 4) is 0 Å². The summed E-state index contributed by atoms with van der Waals surface area (Å²) in [6, 6.07) is 3.18. The topological polar surface area (TPSA) is 103 Å². The van der Waals surface area contributed by atoms with E-state index < -0.39 is 11.9 Å². The molecule has 3 atom stereocenters. The van der Waals surface area contributed by atoms with Crippen LogP contribution >= 0.6 is 0 Å².